The van der Waals surface area contributed by atoms with Crippen molar-refractivity contribution >= 4 is 33.8 Å². The highest BCUT2D eigenvalue weighted by Gasteiger charge is 2.08. The van der Waals surface area contributed by atoms with E-state index in [0.29, 0.717) is 6.54 Å². The van der Waals surface area contributed by atoms with E-state index in [4.69, 9.17) is 17.3 Å². The van der Waals surface area contributed by atoms with Gasteiger partial charge < -0.3 is 10.3 Å². The van der Waals surface area contributed by atoms with Gasteiger partial charge in [0.05, 0.1) is 0 Å². The average Bonchev–Trinajstić information content (AvgIpc) is 3.03. The van der Waals surface area contributed by atoms with Gasteiger partial charge in [0, 0.05) is 40.1 Å². The van der Waals surface area contributed by atoms with Crippen LogP contribution in [0.1, 0.15) is 10.4 Å². The Morgan fingerprint density at radius 2 is 2.16 bits per heavy atom. The maximum atomic E-state index is 6.10. The predicted molar refractivity (Wildman–Crippen MR) is 82.9 cm³/mol. The number of hydrogen-bond acceptors (Lipinski definition) is 2. The van der Waals surface area contributed by atoms with Gasteiger partial charge in [-0.2, -0.15) is 0 Å². The molecule has 0 saturated heterocycles. The van der Waals surface area contributed by atoms with Gasteiger partial charge >= 0.3 is 0 Å². The van der Waals surface area contributed by atoms with Crippen molar-refractivity contribution in [3.63, 3.8) is 0 Å². The first-order chi connectivity index (χ1) is 9.28. The van der Waals surface area contributed by atoms with Crippen LogP contribution >= 0.6 is 22.9 Å². The maximum Gasteiger partial charge on any atom is 0.0498 e. The summed E-state index contributed by atoms with van der Waals surface area (Å²) in [5.41, 5.74) is 8.16. The lowest BCUT2D eigenvalue weighted by atomic mass is 10.2. The fourth-order valence-electron chi connectivity index (χ4n) is 2.37. The van der Waals surface area contributed by atoms with Gasteiger partial charge in [-0.05, 0) is 35.6 Å². The van der Waals surface area contributed by atoms with Gasteiger partial charge in [0.2, 0.25) is 0 Å². The molecule has 0 bridgehead atoms. The molecule has 1 aromatic carbocycles. The Hall–Kier alpha value is -1.29. The third kappa shape index (κ3) is 2.54. The van der Waals surface area contributed by atoms with Crippen LogP contribution in [0.4, 0.5) is 0 Å². The van der Waals surface area contributed by atoms with Crippen LogP contribution in [0.3, 0.4) is 0 Å². The molecule has 0 aliphatic heterocycles. The number of aromatic nitrogens is 1. The van der Waals surface area contributed by atoms with Crippen molar-refractivity contribution in [3.05, 3.63) is 57.4 Å². The molecule has 3 aromatic rings. The number of nitrogens with two attached hydrogens (primary N) is 1. The van der Waals surface area contributed by atoms with Gasteiger partial charge in [0.1, 0.15) is 0 Å². The minimum atomic E-state index is 0.560. The van der Waals surface area contributed by atoms with Crippen LogP contribution in [0.25, 0.3) is 10.9 Å². The lowest BCUT2D eigenvalue weighted by Gasteiger charge is -2.04. The molecule has 0 unspecified atom stereocenters. The number of thiophene rings is 1. The van der Waals surface area contributed by atoms with E-state index in [1.807, 2.05) is 12.1 Å². The summed E-state index contributed by atoms with van der Waals surface area (Å²) >= 11 is 7.90. The van der Waals surface area contributed by atoms with Crippen LogP contribution in [0.2, 0.25) is 5.02 Å². The average molecular weight is 291 g/mol. The highest BCUT2D eigenvalue weighted by atomic mass is 35.5. The topological polar surface area (TPSA) is 30.9 Å². The van der Waals surface area contributed by atoms with Crippen molar-refractivity contribution in [2.75, 3.05) is 0 Å². The van der Waals surface area contributed by atoms with Gasteiger partial charge in [-0.3, -0.25) is 0 Å². The summed E-state index contributed by atoms with van der Waals surface area (Å²) in [4.78, 5) is 1.40. The Bertz CT molecular complexity index is 686. The number of halogens is 1. The molecule has 0 radical (unpaired) electrons. The summed E-state index contributed by atoms with van der Waals surface area (Å²) in [6, 6.07) is 10.3. The third-order valence-corrected chi connectivity index (χ3v) is 4.50. The Morgan fingerprint density at radius 1 is 1.26 bits per heavy atom. The second kappa shape index (κ2) is 5.37. The first kappa shape index (κ1) is 12.7. The van der Waals surface area contributed by atoms with Gasteiger partial charge in [0.25, 0.3) is 0 Å². The molecule has 2 heterocycles. The molecule has 4 heteroatoms. The molecular weight excluding hydrogens is 276 g/mol. The Labute approximate surface area is 121 Å². The Morgan fingerprint density at radius 3 is 2.89 bits per heavy atom. The fourth-order valence-corrected chi connectivity index (χ4v) is 3.24. The molecule has 3 rings (SSSR count). The molecule has 0 amide bonds. The van der Waals surface area contributed by atoms with Crippen LogP contribution in [-0.4, -0.2) is 4.57 Å². The quantitative estimate of drug-likeness (QED) is 0.772. The van der Waals surface area contributed by atoms with E-state index in [1.165, 1.54) is 21.3 Å². The molecule has 0 saturated carbocycles. The van der Waals surface area contributed by atoms with E-state index < -0.39 is 0 Å². The summed E-state index contributed by atoms with van der Waals surface area (Å²) in [6.45, 7) is 1.52. The maximum absolute atomic E-state index is 6.10. The van der Waals surface area contributed by atoms with Crippen LogP contribution in [-0.2, 0) is 19.5 Å². The molecule has 0 aliphatic carbocycles. The second-order valence-corrected chi connectivity index (χ2v) is 6.01. The second-order valence-electron chi connectivity index (χ2n) is 4.54. The van der Waals surface area contributed by atoms with Crippen LogP contribution in [0.15, 0.2) is 41.9 Å². The van der Waals surface area contributed by atoms with Gasteiger partial charge in [-0.15, -0.1) is 11.3 Å². The Balaban J connectivity index is 1.95. The normalized spacial score (nSPS) is 11.3. The highest BCUT2D eigenvalue weighted by Crippen LogP contribution is 2.25. The van der Waals surface area contributed by atoms with E-state index in [-0.39, 0.29) is 0 Å². The smallest absolute Gasteiger partial charge is 0.0498 e. The van der Waals surface area contributed by atoms with Crippen molar-refractivity contribution in [3.8, 4) is 0 Å². The minimum absolute atomic E-state index is 0.560. The van der Waals surface area contributed by atoms with Crippen molar-refractivity contribution in [2.24, 2.45) is 5.73 Å². The van der Waals surface area contributed by atoms with Gasteiger partial charge in [0.15, 0.2) is 0 Å². The molecule has 0 aliphatic rings. The largest absolute Gasteiger partial charge is 0.347 e. The molecule has 0 atom stereocenters. The molecule has 2 aromatic heterocycles. The molecule has 2 N–H and O–H groups in total. The lowest BCUT2D eigenvalue weighted by Crippen LogP contribution is -1.99. The summed E-state index contributed by atoms with van der Waals surface area (Å²) in [6.07, 6.45) is 3.19. The summed E-state index contributed by atoms with van der Waals surface area (Å²) in [5.74, 6) is 0. The first-order valence-corrected chi connectivity index (χ1v) is 7.53. The number of aryl methyl sites for hydroxylation is 2. The number of nitrogens with zero attached hydrogens (tertiary/aromatic N) is 1. The highest BCUT2D eigenvalue weighted by molar-refractivity contribution is 7.09. The molecule has 0 spiro atoms. The number of fused-ring (bicyclic) bond motifs is 1. The predicted octanol–water partition coefficient (Wildman–Crippen LogP) is 4.06. The van der Waals surface area contributed by atoms with Gasteiger partial charge in [-0.1, -0.05) is 23.7 Å². The fraction of sp³-hybridized carbons (Fsp3) is 0.200. The first-order valence-electron chi connectivity index (χ1n) is 6.27. The zero-order valence-electron chi connectivity index (χ0n) is 10.5. The van der Waals surface area contributed by atoms with E-state index in [0.717, 1.165) is 18.0 Å². The van der Waals surface area contributed by atoms with E-state index >= 15 is 0 Å². The van der Waals surface area contributed by atoms with Crippen LogP contribution in [0, 0.1) is 0 Å². The molecule has 19 heavy (non-hydrogen) atoms. The lowest BCUT2D eigenvalue weighted by molar-refractivity contribution is 0.726. The summed E-state index contributed by atoms with van der Waals surface area (Å²) < 4.78 is 2.25. The van der Waals surface area contributed by atoms with Crippen LogP contribution in [0.5, 0.6) is 0 Å². The standard InChI is InChI=1S/C15H15ClN2S/c16-12-3-4-14-11(9-17)10-18(15(14)8-12)6-5-13-2-1-7-19-13/h1-4,7-8,10H,5-6,9,17H2. The molecule has 98 valence electrons. The monoisotopic (exact) mass is 290 g/mol. The number of hydrogen-bond donors (Lipinski definition) is 1. The van der Waals surface area contributed by atoms with E-state index in [1.54, 1.807) is 11.3 Å². The zero-order valence-corrected chi connectivity index (χ0v) is 12.0. The van der Waals surface area contributed by atoms with Crippen molar-refractivity contribution in [2.45, 2.75) is 19.5 Å². The SMILES string of the molecule is NCc1cn(CCc2cccs2)c2cc(Cl)ccc12. The summed E-state index contributed by atoms with van der Waals surface area (Å²) in [5, 5.41) is 4.09. The molecule has 2 nitrogen and oxygen atoms in total. The Kier molecular flexibility index (Phi) is 3.60. The van der Waals surface area contributed by atoms with Crippen LogP contribution < -0.4 is 5.73 Å². The van der Waals surface area contributed by atoms with E-state index in [9.17, 15) is 0 Å². The zero-order chi connectivity index (χ0) is 13.2. The minimum Gasteiger partial charge on any atom is -0.347 e. The van der Waals surface area contributed by atoms with Gasteiger partial charge in [-0.25, -0.2) is 0 Å². The summed E-state index contributed by atoms with van der Waals surface area (Å²) in [7, 11) is 0. The van der Waals surface area contributed by atoms with Crippen molar-refractivity contribution in [1.29, 1.82) is 0 Å². The number of rotatable bonds is 4. The third-order valence-electron chi connectivity index (χ3n) is 3.33. The number of benzene rings is 1. The molecule has 0 fully saturated rings. The molecular formula is C15H15ClN2S. The van der Waals surface area contributed by atoms with E-state index in [2.05, 4.69) is 34.3 Å². The van der Waals surface area contributed by atoms with Crippen molar-refractivity contribution in [1.82, 2.24) is 4.57 Å². The van der Waals surface area contributed by atoms with Crippen molar-refractivity contribution < 1.29 is 0 Å².